The van der Waals surface area contributed by atoms with Crippen molar-refractivity contribution in [2.24, 2.45) is 0 Å². The highest BCUT2D eigenvalue weighted by molar-refractivity contribution is 5.99. The number of nitrogens with zero attached hydrogens (tertiary/aromatic N) is 4. The van der Waals surface area contributed by atoms with Crippen LogP contribution in [0.1, 0.15) is 23.6 Å². The van der Waals surface area contributed by atoms with Crippen molar-refractivity contribution < 1.29 is 0 Å². The SMILES string of the molecule is [C-]#[N+]c1ccc2c(c1[N+]#[C-])N(c1c(C)ccc(C)c1C)[C@@H](C)N2C. The van der Waals surface area contributed by atoms with Crippen LogP contribution < -0.4 is 9.80 Å². The third-order valence-corrected chi connectivity index (χ3v) is 5.04. The van der Waals surface area contributed by atoms with Crippen LogP contribution in [0.15, 0.2) is 24.3 Å². The standard InChI is InChI=1S/C20H20N4/c1-12-8-9-13(2)19(14(12)3)24-15(4)23(7)17-11-10-16(21-5)18(22-6)20(17)24/h8-11,15H,1-4,7H3/t15-/m0/s1. The largest absolute Gasteiger partial charge is 0.354 e. The number of rotatable bonds is 1. The molecule has 0 aromatic heterocycles. The summed E-state index contributed by atoms with van der Waals surface area (Å²) in [6.45, 7) is 23.5. The molecular weight excluding hydrogens is 296 g/mol. The van der Waals surface area contributed by atoms with E-state index in [1.165, 1.54) is 16.7 Å². The molecule has 1 heterocycles. The summed E-state index contributed by atoms with van der Waals surface area (Å²) in [5.41, 5.74) is 7.47. The summed E-state index contributed by atoms with van der Waals surface area (Å²) >= 11 is 0. The first-order valence-corrected chi connectivity index (χ1v) is 7.93. The highest BCUT2D eigenvalue weighted by atomic mass is 15.4. The number of hydrogen-bond donors (Lipinski definition) is 0. The van der Waals surface area contributed by atoms with Gasteiger partial charge in [0.2, 0.25) is 5.69 Å². The molecule has 0 fully saturated rings. The maximum Gasteiger partial charge on any atom is 0.219 e. The Balaban J connectivity index is 2.37. The van der Waals surface area contributed by atoms with E-state index in [9.17, 15) is 0 Å². The lowest BCUT2D eigenvalue weighted by molar-refractivity contribution is 0.731. The molecule has 1 aliphatic heterocycles. The van der Waals surface area contributed by atoms with Gasteiger partial charge in [-0.1, -0.05) is 18.2 Å². The van der Waals surface area contributed by atoms with Gasteiger partial charge in [0.1, 0.15) is 6.17 Å². The third kappa shape index (κ3) is 2.04. The van der Waals surface area contributed by atoms with Crippen LogP contribution in [0.2, 0.25) is 0 Å². The molecule has 1 aliphatic rings. The normalized spacial score (nSPS) is 15.9. The average Bonchev–Trinajstić information content (AvgIpc) is 2.83. The zero-order valence-corrected chi connectivity index (χ0v) is 14.7. The smallest absolute Gasteiger partial charge is 0.219 e. The summed E-state index contributed by atoms with van der Waals surface area (Å²) in [6.07, 6.45) is 0.0840. The molecule has 0 radical (unpaired) electrons. The van der Waals surface area contributed by atoms with Crippen molar-refractivity contribution in [1.29, 1.82) is 0 Å². The van der Waals surface area contributed by atoms with Gasteiger partial charge >= 0.3 is 0 Å². The van der Waals surface area contributed by atoms with Crippen LogP contribution in [0.4, 0.5) is 28.4 Å². The predicted molar refractivity (Wildman–Crippen MR) is 99.6 cm³/mol. The second-order valence-electron chi connectivity index (χ2n) is 6.31. The highest BCUT2D eigenvalue weighted by Crippen LogP contribution is 2.53. The molecule has 2 aromatic rings. The van der Waals surface area contributed by atoms with Crippen molar-refractivity contribution >= 4 is 28.4 Å². The Kier molecular flexibility index (Phi) is 3.70. The van der Waals surface area contributed by atoms with E-state index in [4.69, 9.17) is 13.1 Å². The van der Waals surface area contributed by atoms with Gasteiger partial charge in [0.25, 0.3) is 0 Å². The van der Waals surface area contributed by atoms with E-state index in [-0.39, 0.29) is 6.17 Å². The minimum absolute atomic E-state index is 0.0840. The van der Waals surface area contributed by atoms with Crippen LogP contribution in [0, 0.1) is 33.9 Å². The van der Waals surface area contributed by atoms with Crippen LogP contribution in [-0.4, -0.2) is 13.2 Å². The number of aryl methyl sites for hydroxylation is 2. The Hall–Kier alpha value is -2.98. The third-order valence-electron chi connectivity index (χ3n) is 5.04. The molecule has 0 bridgehead atoms. The van der Waals surface area contributed by atoms with Crippen LogP contribution in [0.5, 0.6) is 0 Å². The molecule has 3 rings (SSSR count). The van der Waals surface area contributed by atoms with Gasteiger partial charge in [0.15, 0.2) is 5.69 Å². The van der Waals surface area contributed by atoms with Gasteiger partial charge < -0.3 is 9.80 Å². The molecule has 0 unspecified atom stereocenters. The van der Waals surface area contributed by atoms with Gasteiger partial charge in [-0.15, -0.1) is 0 Å². The molecular formula is C20H20N4. The van der Waals surface area contributed by atoms with E-state index < -0.39 is 0 Å². The Morgan fingerprint density at radius 2 is 1.58 bits per heavy atom. The van der Waals surface area contributed by atoms with E-state index in [0.29, 0.717) is 11.4 Å². The first-order valence-electron chi connectivity index (χ1n) is 7.93. The van der Waals surface area contributed by atoms with Gasteiger partial charge in [0.05, 0.1) is 18.8 Å². The molecule has 4 nitrogen and oxygen atoms in total. The number of hydrogen-bond acceptors (Lipinski definition) is 2. The Morgan fingerprint density at radius 1 is 0.917 bits per heavy atom. The molecule has 120 valence electrons. The summed E-state index contributed by atoms with van der Waals surface area (Å²) in [7, 11) is 2.04. The van der Waals surface area contributed by atoms with Crippen LogP contribution >= 0.6 is 0 Å². The summed E-state index contributed by atoms with van der Waals surface area (Å²) in [6, 6.07) is 7.96. The fraction of sp³-hybridized carbons (Fsp3) is 0.300. The van der Waals surface area contributed by atoms with Crippen molar-refractivity contribution in [3.8, 4) is 0 Å². The number of benzene rings is 2. The molecule has 0 N–H and O–H groups in total. The van der Waals surface area contributed by atoms with E-state index in [1.54, 1.807) is 6.07 Å². The monoisotopic (exact) mass is 316 g/mol. The van der Waals surface area contributed by atoms with Gasteiger partial charge in [-0.05, 0) is 50.5 Å². The average molecular weight is 316 g/mol. The maximum absolute atomic E-state index is 7.63. The van der Waals surface area contributed by atoms with Crippen molar-refractivity contribution in [1.82, 2.24) is 0 Å². The van der Waals surface area contributed by atoms with Gasteiger partial charge in [-0.3, -0.25) is 4.85 Å². The summed E-state index contributed by atoms with van der Waals surface area (Å²) in [5.74, 6) is 0. The minimum Gasteiger partial charge on any atom is -0.354 e. The Bertz CT molecular complexity index is 915. The molecule has 0 aliphatic carbocycles. The van der Waals surface area contributed by atoms with E-state index in [1.807, 2.05) is 13.1 Å². The molecule has 1 atom stereocenters. The van der Waals surface area contributed by atoms with Gasteiger partial charge in [-0.2, -0.15) is 0 Å². The van der Waals surface area contributed by atoms with Crippen LogP contribution in [0.3, 0.4) is 0 Å². The van der Waals surface area contributed by atoms with Crippen molar-refractivity contribution in [3.05, 3.63) is 63.8 Å². The second-order valence-corrected chi connectivity index (χ2v) is 6.31. The van der Waals surface area contributed by atoms with Crippen molar-refractivity contribution in [2.75, 3.05) is 16.8 Å². The first-order chi connectivity index (χ1) is 11.4. The zero-order chi connectivity index (χ0) is 17.6. The molecule has 0 saturated heterocycles. The molecule has 4 heteroatoms. The van der Waals surface area contributed by atoms with Crippen LogP contribution in [-0.2, 0) is 0 Å². The molecule has 0 amide bonds. The van der Waals surface area contributed by atoms with Crippen LogP contribution in [0.25, 0.3) is 9.69 Å². The van der Waals surface area contributed by atoms with E-state index in [0.717, 1.165) is 17.1 Å². The molecule has 0 spiro atoms. The molecule has 2 aromatic carbocycles. The summed E-state index contributed by atoms with van der Waals surface area (Å²) < 4.78 is 0. The summed E-state index contributed by atoms with van der Waals surface area (Å²) in [5, 5.41) is 0. The fourth-order valence-corrected chi connectivity index (χ4v) is 3.45. The second kappa shape index (κ2) is 5.58. The van der Waals surface area contributed by atoms with Crippen molar-refractivity contribution in [2.45, 2.75) is 33.9 Å². The fourth-order valence-electron chi connectivity index (χ4n) is 3.45. The minimum atomic E-state index is 0.0840. The van der Waals surface area contributed by atoms with E-state index >= 15 is 0 Å². The Morgan fingerprint density at radius 3 is 2.21 bits per heavy atom. The van der Waals surface area contributed by atoms with Gasteiger partial charge in [-0.25, -0.2) is 4.85 Å². The zero-order valence-electron chi connectivity index (χ0n) is 14.7. The predicted octanol–water partition coefficient (Wildman–Crippen LogP) is 5.65. The highest BCUT2D eigenvalue weighted by Gasteiger charge is 2.36. The summed E-state index contributed by atoms with van der Waals surface area (Å²) in [4.78, 5) is 11.6. The van der Waals surface area contributed by atoms with Gasteiger partial charge in [0, 0.05) is 18.4 Å². The quantitative estimate of drug-likeness (QED) is 0.632. The lowest BCUT2D eigenvalue weighted by atomic mass is 10.0. The lowest BCUT2D eigenvalue weighted by Gasteiger charge is -2.31. The van der Waals surface area contributed by atoms with E-state index in [2.05, 4.69) is 59.3 Å². The lowest BCUT2D eigenvalue weighted by Crippen LogP contribution is -2.36. The number of anilines is 3. The first kappa shape index (κ1) is 15.9. The number of fused-ring (bicyclic) bond motifs is 1. The molecule has 24 heavy (non-hydrogen) atoms. The topological polar surface area (TPSA) is 15.2 Å². The Labute approximate surface area is 143 Å². The maximum atomic E-state index is 7.63. The molecule has 0 saturated carbocycles. The van der Waals surface area contributed by atoms with Crippen molar-refractivity contribution in [3.63, 3.8) is 0 Å².